The van der Waals surface area contributed by atoms with Crippen LogP contribution in [0, 0.1) is 5.92 Å². The molecule has 0 bridgehead atoms. The molecule has 1 unspecified atom stereocenters. The van der Waals surface area contributed by atoms with Crippen molar-refractivity contribution in [3.63, 3.8) is 0 Å². The van der Waals surface area contributed by atoms with Crippen LogP contribution in [0.1, 0.15) is 50.3 Å². The van der Waals surface area contributed by atoms with E-state index in [4.69, 9.17) is 0 Å². The number of aromatic nitrogens is 2. The van der Waals surface area contributed by atoms with Crippen LogP contribution in [0.25, 0.3) is 0 Å². The topological polar surface area (TPSA) is 46.1 Å². The Labute approximate surface area is 107 Å². The maximum Gasteiger partial charge on any atom is 0.226 e. The van der Waals surface area contributed by atoms with Gasteiger partial charge in [0.2, 0.25) is 5.91 Å². The van der Waals surface area contributed by atoms with Gasteiger partial charge in [0, 0.05) is 18.7 Å². The highest BCUT2D eigenvalue weighted by Crippen LogP contribution is 2.35. The molecule has 0 N–H and O–H groups in total. The first kappa shape index (κ1) is 11.6. The number of likely N-dealkylation sites (tertiary alicyclic amines) is 1. The van der Waals surface area contributed by atoms with Gasteiger partial charge < -0.3 is 4.90 Å². The Morgan fingerprint density at radius 2 is 2.11 bits per heavy atom. The molecule has 1 saturated carbocycles. The molecular weight excluding hydrogens is 226 g/mol. The minimum Gasteiger partial charge on any atom is -0.334 e. The van der Waals surface area contributed by atoms with Crippen molar-refractivity contribution in [1.82, 2.24) is 14.9 Å². The minimum absolute atomic E-state index is 0.176. The molecule has 1 aromatic heterocycles. The molecule has 0 aromatic carbocycles. The van der Waals surface area contributed by atoms with Gasteiger partial charge in [0.1, 0.15) is 6.33 Å². The maximum atomic E-state index is 12.4. The average molecular weight is 245 g/mol. The monoisotopic (exact) mass is 245 g/mol. The highest BCUT2D eigenvalue weighted by atomic mass is 16.2. The number of rotatable bonds is 2. The standard InChI is InChI=1S/C14H19N3O/c18-14(11-4-3-5-11)17-9-2-1-6-13(17)12-7-8-15-10-16-12/h7-8,10-11,13H,1-6,9H2. The normalized spacial score (nSPS) is 24.7. The van der Waals surface area contributed by atoms with Crippen molar-refractivity contribution in [2.75, 3.05) is 6.54 Å². The number of amides is 1. The fourth-order valence-electron chi connectivity index (χ4n) is 2.89. The van der Waals surface area contributed by atoms with Crippen LogP contribution in [0.3, 0.4) is 0 Å². The van der Waals surface area contributed by atoms with Gasteiger partial charge in [-0.25, -0.2) is 9.97 Å². The summed E-state index contributed by atoms with van der Waals surface area (Å²) in [6.07, 6.45) is 10.1. The molecule has 96 valence electrons. The van der Waals surface area contributed by atoms with E-state index in [1.54, 1.807) is 12.5 Å². The largest absolute Gasteiger partial charge is 0.334 e. The van der Waals surface area contributed by atoms with Crippen molar-refractivity contribution in [3.05, 3.63) is 24.3 Å². The van der Waals surface area contributed by atoms with Crippen LogP contribution >= 0.6 is 0 Å². The van der Waals surface area contributed by atoms with Gasteiger partial charge in [0.05, 0.1) is 11.7 Å². The van der Waals surface area contributed by atoms with Crippen LogP contribution in [0.5, 0.6) is 0 Å². The van der Waals surface area contributed by atoms with E-state index in [9.17, 15) is 4.79 Å². The molecule has 1 amide bonds. The Balaban J connectivity index is 1.79. The van der Waals surface area contributed by atoms with E-state index >= 15 is 0 Å². The van der Waals surface area contributed by atoms with E-state index in [-0.39, 0.29) is 12.0 Å². The SMILES string of the molecule is O=C(C1CCC1)N1CCCCC1c1ccncn1. The van der Waals surface area contributed by atoms with Crippen molar-refractivity contribution < 1.29 is 4.79 Å². The zero-order valence-electron chi connectivity index (χ0n) is 10.6. The van der Waals surface area contributed by atoms with Gasteiger partial charge in [-0.15, -0.1) is 0 Å². The average Bonchev–Trinajstić information content (AvgIpc) is 2.38. The molecule has 4 nitrogen and oxygen atoms in total. The lowest BCUT2D eigenvalue weighted by Gasteiger charge is -2.39. The van der Waals surface area contributed by atoms with Crippen molar-refractivity contribution >= 4 is 5.91 Å². The lowest BCUT2D eigenvalue weighted by molar-refractivity contribution is -0.142. The molecule has 1 atom stereocenters. The van der Waals surface area contributed by atoms with Crippen LogP contribution in [0.4, 0.5) is 0 Å². The second-order valence-electron chi connectivity index (χ2n) is 5.31. The van der Waals surface area contributed by atoms with Crippen LogP contribution in [0.2, 0.25) is 0 Å². The Bertz CT molecular complexity index is 416. The molecule has 4 heteroatoms. The Kier molecular flexibility index (Phi) is 3.26. The molecule has 1 aliphatic carbocycles. The second-order valence-corrected chi connectivity index (χ2v) is 5.31. The van der Waals surface area contributed by atoms with Gasteiger partial charge in [-0.2, -0.15) is 0 Å². The summed E-state index contributed by atoms with van der Waals surface area (Å²) in [5.74, 6) is 0.636. The van der Waals surface area contributed by atoms with Crippen molar-refractivity contribution in [3.8, 4) is 0 Å². The first-order valence-electron chi connectivity index (χ1n) is 6.92. The zero-order chi connectivity index (χ0) is 12.4. The zero-order valence-corrected chi connectivity index (χ0v) is 10.6. The third kappa shape index (κ3) is 2.11. The van der Waals surface area contributed by atoms with Gasteiger partial charge in [-0.05, 0) is 38.2 Å². The van der Waals surface area contributed by atoms with E-state index in [1.807, 2.05) is 6.07 Å². The Morgan fingerprint density at radius 3 is 2.78 bits per heavy atom. The predicted octanol–water partition coefficient (Wildman–Crippen LogP) is 2.33. The lowest BCUT2D eigenvalue weighted by atomic mass is 9.83. The molecule has 18 heavy (non-hydrogen) atoms. The number of piperidine rings is 1. The van der Waals surface area contributed by atoms with E-state index < -0.39 is 0 Å². The maximum absolute atomic E-state index is 12.4. The fourth-order valence-corrected chi connectivity index (χ4v) is 2.89. The van der Waals surface area contributed by atoms with E-state index in [0.717, 1.165) is 37.9 Å². The molecule has 1 aromatic rings. The van der Waals surface area contributed by atoms with Crippen LogP contribution in [0.15, 0.2) is 18.6 Å². The minimum atomic E-state index is 0.176. The van der Waals surface area contributed by atoms with Gasteiger partial charge in [-0.3, -0.25) is 4.79 Å². The third-order valence-electron chi connectivity index (χ3n) is 4.19. The molecule has 0 radical (unpaired) electrons. The summed E-state index contributed by atoms with van der Waals surface area (Å²) >= 11 is 0. The van der Waals surface area contributed by atoms with Crippen molar-refractivity contribution in [2.24, 2.45) is 5.92 Å². The van der Waals surface area contributed by atoms with Crippen molar-refractivity contribution in [1.29, 1.82) is 0 Å². The third-order valence-corrected chi connectivity index (χ3v) is 4.19. The molecule has 1 saturated heterocycles. The van der Waals surface area contributed by atoms with Gasteiger partial charge in [-0.1, -0.05) is 6.42 Å². The number of carbonyl (C=O) groups excluding carboxylic acids is 1. The van der Waals surface area contributed by atoms with E-state index in [2.05, 4.69) is 14.9 Å². The van der Waals surface area contributed by atoms with Crippen LogP contribution in [-0.4, -0.2) is 27.3 Å². The molecule has 0 spiro atoms. The summed E-state index contributed by atoms with van der Waals surface area (Å²) < 4.78 is 0. The number of hydrogen-bond acceptors (Lipinski definition) is 3. The molecule has 2 fully saturated rings. The number of nitrogens with zero attached hydrogens (tertiary/aromatic N) is 3. The van der Waals surface area contributed by atoms with Crippen LogP contribution < -0.4 is 0 Å². The van der Waals surface area contributed by atoms with Gasteiger partial charge in [0.15, 0.2) is 0 Å². The number of hydrogen-bond donors (Lipinski definition) is 0. The van der Waals surface area contributed by atoms with E-state index in [0.29, 0.717) is 5.91 Å². The van der Waals surface area contributed by atoms with Gasteiger partial charge in [0.25, 0.3) is 0 Å². The number of carbonyl (C=O) groups is 1. The molecule has 3 rings (SSSR count). The highest BCUT2D eigenvalue weighted by molar-refractivity contribution is 5.80. The fraction of sp³-hybridized carbons (Fsp3) is 0.643. The molecule has 1 aliphatic heterocycles. The second kappa shape index (κ2) is 5.04. The summed E-state index contributed by atoms with van der Waals surface area (Å²) in [6, 6.07) is 2.12. The first-order valence-corrected chi connectivity index (χ1v) is 6.92. The first-order chi connectivity index (χ1) is 8.86. The molecular formula is C14H19N3O. The van der Waals surface area contributed by atoms with E-state index in [1.165, 1.54) is 12.8 Å². The highest BCUT2D eigenvalue weighted by Gasteiger charge is 2.35. The summed E-state index contributed by atoms with van der Waals surface area (Å²) in [4.78, 5) is 22.8. The quantitative estimate of drug-likeness (QED) is 0.803. The summed E-state index contributed by atoms with van der Waals surface area (Å²) in [5, 5.41) is 0. The summed E-state index contributed by atoms with van der Waals surface area (Å²) in [6.45, 7) is 0.893. The summed E-state index contributed by atoms with van der Waals surface area (Å²) in [5.41, 5.74) is 0.998. The summed E-state index contributed by atoms with van der Waals surface area (Å²) in [7, 11) is 0. The Morgan fingerprint density at radius 1 is 1.22 bits per heavy atom. The lowest BCUT2D eigenvalue weighted by Crippen LogP contribution is -2.43. The molecule has 2 aliphatic rings. The smallest absolute Gasteiger partial charge is 0.226 e. The Hall–Kier alpha value is -1.45. The van der Waals surface area contributed by atoms with Crippen molar-refractivity contribution in [2.45, 2.75) is 44.6 Å². The van der Waals surface area contributed by atoms with Crippen LogP contribution in [-0.2, 0) is 4.79 Å². The molecule has 2 heterocycles. The van der Waals surface area contributed by atoms with Gasteiger partial charge >= 0.3 is 0 Å². The predicted molar refractivity (Wildman–Crippen MR) is 67.7 cm³/mol.